The minimum atomic E-state index is -0.0201. The number of amides is 2. The van der Waals surface area contributed by atoms with Crippen LogP contribution in [0.25, 0.3) is 0 Å². The van der Waals surface area contributed by atoms with E-state index in [2.05, 4.69) is 5.16 Å². The maximum absolute atomic E-state index is 12.1. The zero-order chi connectivity index (χ0) is 12.8. The van der Waals surface area contributed by atoms with Gasteiger partial charge in [0.25, 0.3) is 0 Å². The van der Waals surface area contributed by atoms with Crippen LogP contribution >= 0.6 is 0 Å². The number of rotatable bonds is 3. The lowest BCUT2D eigenvalue weighted by Gasteiger charge is -2.35. The van der Waals surface area contributed by atoms with Crippen molar-refractivity contribution in [1.82, 2.24) is 9.80 Å². The molecule has 6 nitrogen and oxygen atoms in total. The summed E-state index contributed by atoms with van der Waals surface area (Å²) in [6.07, 6.45) is 1.77. The molecular formula is C11H22N4O2. The number of carbonyl (C=O) groups excluding carboxylic acids is 1. The predicted molar refractivity (Wildman–Crippen MR) is 66.0 cm³/mol. The molecule has 3 N–H and O–H groups in total. The summed E-state index contributed by atoms with van der Waals surface area (Å²) in [5.41, 5.74) is 5.60. The molecule has 17 heavy (non-hydrogen) atoms. The van der Waals surface area contributed by atoms with E-state index in [-0.39, 0.29) is 17.8 Å². The molecule has 0 aromatic rings. The molecule has 1 unspecified atom stereocenters. The molecule has 6 heteroatoms. The molecular weight excluding hydrogens is 220 g/mol. The van der Waals surface area contributed by atoms with Gasteiger partial charge < -0.3 is 20.7 Å². The lowest BCUT2D eigenvalue weighted by molar-refractivity contribution is 0.140. The minimum Gasteiger partial charge on any atom is -0.409 e. The smallest absolute Gasteiger partial charge is 0.320 e. The summed E-state index contributed by atoms with van der Waals surface area (Å²) >= 11 is 0. The van der Waals surface area contributed by atoms with Crippen molar-refractivity contribution < 1.29 is 10.0 Å². The van der Waals surface area contributed by atoms with E-state index in [0.29, 0.717) is 19.6 Å². The van der Waals surface area contributed by atoms with Crippen LogP contribution in [0.5, 0.6) is 0 Å². The summed E-state index contributed by atoms with van der Waals surface area (Å²) in [7, 11) is 0. The summed E-state index contributed by atoms with van der Waals surface area (Å²) < 4.78 is 0. The number of piperidine rings is 1. The van der Waals surface area contributed by atoms with Gasteiger partial charge in [0.1, 0.15) is 5.84 Å². The minimum absolute atomic E-state index is 0.0201. The van der Waals surface area contributed by atoms with E-state index in [9.17, 15) is 4.79 Å². The fourth-order valence-corrected chi connectivity index (χ4v) is 2.17. The van der Waals surface area contributed by atoms with Crippen LogP contribution in [0.3, 0.4) is 0 Å². The fraction of sp³-hybridized carbons (Fsp3) is 0.818. The highest BCUT2D eigenvalue weighted by Crippen LogP contribution is 2.17. The van der Waals surface area contributed by atoms with Gasteiger partial charge in [-0.3, -0.25) is 0 Å². The maximum atomic E-state index is 12.1. The molecule has 0 aromatic carbocycles. The normalized spacial score (nSPS) is 21.4. The molecule has 0 aromatic heterocycles. The van der Waals surface area contributed by atoms with Crippen molar-refractivity contribution in [2.75, 3.05) is 26.2 Å². The molecule has 0 spiro atoms. The highest BCUT2D eigenvalue weighted by Gasteiger charge is 2.28. The third-order valence-corrected chi connectivity index (χ3v) is 3.26. The van der Waals surface area contributed by atoms with E-state index >= 15 is 0 Å². The lowest BCUT2D eigenvalue weighted by atomic mass is 9.97. The molecule has 1 saturated heterocycles. The van der Waals surface area contributed by atoms with Gasteiger partial charge in [0.05, 0.1) is 0 Å². The Morgan fingerprint density at radius 3 is 2.71 bits per heavy atom. The second-order valence-corrected chi connectivity index (χ2v) is 4.26. The van der Waals surface area contributed by atoms with Crippen LogP contribution in [0.4, 0.5) is 4.79 Å². The zero-order valence-corrected chi connectivity index (χ0v) is 10.6. The first-order valence-corrected chi connectivity index (χ1v) is 6.15. The Labute approximate surface area is 102 Å². The molecule has 1 aliphatic heterocycles. The number of nitrogens with zero attached hydrogens (tertiary/aromatic N) is 3. The van der Waals surface area contributed by atoms with Gasteiger partial charge in [0.15, 0.2) is 0 Å². The number of amidine groups is 1. The van der Waals surface area contributed by atoms with Gasteiger partial charge in [0, 0.05) is 32.1 Å². The highest BCUT2D eigenvalue weighted by molar-refractivity contribution is 5.83. The van der Waals surface area contributed by atoms with Gasteiger partial charge in [-0.15, -0.1) is 0 Å². The number of carbonyl (C=O) groups is 1. The summed E-state index contributed by atoms with van der Waals surface area (Å²) in [5.74, 6) is 0.204. The Hall–Kier alpha value is -1.46. The molecule has 1 fully saturated rings. The predicted octanol–water partition coefficient (Wildman–Crippen LogP) is 0.907. The standard InChI is InChI=1S/C11H22N4O2/c1-3-14(4-2)11(16)15-7-5-6-9(8-15)10(12)13-17/h9,17H,3-8H2,1-2H3,(H2,12,13). The monoisotopic (exact) mass is 242 g/mol. The van der Waals surface area contributed by atoms with Crippen LogP contribution in [-0.4, -0.2) is 53.1 Å². The van der Waals surface area contributed by atoms with Crippen LogP contribution in [0.2, 0.25) is 0 Å². The van der Waals surface area contributed by atoms with E-state index in [1.807, 2.05) is 13.8 Å². The van der Waals surface area contributed by atoms with E-state index in [1.54, 1.807) is 9.80 Å². The SMILES string of the molecule is CCN(CC)C(=O)N1CCCC(C(N)=NO)C1. The molecule has 0 radical (unpaired) electrons. The van der Waals surface area contributed by atoms with Crippen molar-refractivity contribution in [2.24, 2.45) is 16.8 Å². The molecule has 0 aliphatic carbocycles. The van der Waals surface area contributed by atoms with Crippen molar-refractivity contribution in [2.45, 2.75) is 26.7 Å². The number of hydrogen-bond donors (Lipinski definition) is 2. The van der Waals surface area contributed by atoms with E-state index in [4.69, 9.17) is 10.9 Å². The van der Waals surface area contributed by atoms with Gasteiger partial charge in [0.2, 0.25) is 0 Å². The van der Waals surface area contributed by atoms with Crippen LogP contribution < -0.4 is 5.73 Å². The Bertz CT molecular complexity index is 289. The first-order valence-electron chi connectivity index (χ1n) is 6.15. The number of hydrogen-bond acceptors (Lipinski definition) is 3. The van der Waals surface area contributed by atoms with E-state index < -0.39 is 0 Å². The number of likely N-dealkylation sites (tertiary alicyclic amines) is 1. The van der Waals surface area contributed by atoms with Crippen molar-refractivity contribution in [1.29, 1.82) is 0 Å². The Balaban J connectivity index is 2.63. The number of nitrogens with two attached hydrogens (primary N) is 1. The van der Waals surface area contributed by atoms with Gasteiger partial charge in [-0.1, -0.05) is 5.16 Å². The second-order valence-electron chi connectivity index (χ2n) is 4.26. The van der Waals surface area contributed by atoms with Crippen LogP contribution in [-0.2, 0) is 0 Å². The van der Waals surface area contributed by atoms with Crippen molar-refractivity contribution in [3.8, 4) is 0 Å². The van der Waals surface area contributed by atoms with E-state index in [1.165, 1.54) is 0 Å². The van der Waals surface area contributed by atoms with Crippen molar-refractivity contribution in [3.63, 3.8) is 0 Å². The topological polar surface area (TPSA) is 82.2 Å². The average molecular weight is 242 g/mol. The molecule has 1 rings (SSSR count). The number of urea groups is 1. The Morgan fingerprint density at radius 2 is 2.18 bits per heavy atom. The summed E-state index contributed by atoms with van der Waals surface area (Å²) in [5, 5.41) is 11.7. The first kappa shape index (κ1) is 13.6. The second kappa shape index (κ2) is 6.32. The van der Waals surface area contributed by atoms with E-state index in [0.717, 1.165) is 19.4 Å². The van der Waals surface area contributed by atoms with Crippen LogP contribution in [0.1, 0.15) is 26.7 Å². The van der Waals surface area contributed by atoms with Gasteiger partial charge >= 0.3 is 6.03 Å². The van der Waals surface area contributed by atoms with Gasteiger partial charge in [-0.25, -0.2) is 4.79 Å². The zero-order valence-electron chi connectivity index (χ0n) is 10.6. The van der Waals surface area contributed by atoms with Crippen LogP contribution in [0, 0.1) is 5.92 Å². The molecule has 2 amide bonds. The molecule has 0 bridgehead atoms. The third kappa shape index (κ3) is 3.25. The molecule has 1 heterocycles. The van der Waals surface area contributed by atoms with Gasteiger partial charge in [-0.05, 0) is 26.7 Å². The largest absolute Gasteiger partial charge is 0.409 e. The van der Waals surface area contributed by atoms with Crippen molar-refractivity contribution >= 4 is 11.9 Å². The Kier molecular flexibility index (Phi) is 5.06. The summed E-state index contributed by atoms with van der Waals surface area (Å²) in [6.45, 7) is 6.65. The average Bonchev–Trinajstić information content (AvgIpc) is 2.39. The Morgan fingerprint density at radius 1 is 1.53 bits per heavy atom. The molecule has 1 atom stereocenters. The quantitative estimate of drug-likeness (QED) is 0.334. The third-order valence-electron chi connectivity index (χ3n) is 3.26. The molecule has 0 saturated carbocycles. The summed E-state index contributed by atoms with van der Waals surface area (Å²) in [6, 6.07) is 0.0467. The molecule has 98 valence electrons. The fourth-order valence-electron chi connectivity index (χ4n) is 2.17. The van der Waals surface area contributed by atoms with Crippen LogP contribution in [0.15, 0.2) is 5.16 Å². The van der Waals surface area contributed by atoms with Gasteiger partial charge in [-0.2, -0.15) is 0 Å². The number of oxime groups is 1. The molecule has 1 aliphatic rings. The maximum Gasteiger partial charge on any atom is 0.320 e. The lowest BCUT2D eigenvalue weighted by Crippen LogP contribution is -2.49. The first-order chi connectivity index (χ1) is 8.13. The van der Waals surface area contributed by atoms with Crippen molar-refractivity contribution in [3.05, 3.63) is 0 Å². The highest BCUT2D eigenvalue weighted by atomic mass is 16.4. The summed E-state index contributed by atoms with van der Waals surface area (Å²) in [4.78, 5) is 15.7.